The first-order valence-electron chi connectivity index (χ1n) is 13.4. The van der Waals surface area contributed by atoms with Crippen molar-refractivity contribution >= 4 is 29.0 Å². The van der Waals surface area contributed by atoms with Gasteiger partial charge < -0.3 is 14.5 Å². The minimum Gasteiger partial charge on any atom is -0.481 e. The lowest BCUT2D eigenvalue weighted by molar-refractivity contribution is 0.397. The molecule has 1 aliphatic rings. The lowest BCUT2D eigenvalue weighted by Gasteiger charge is -2.25. The van der Waals surface area contributed by atoms with Gasteiger partial charge in [0.2, 0.25) is 5.88 Å². The van der Waals surface area contributed by atoms with Crippen LogP contribution in [0.3, 0.4) is 0 Å². The van der Waals surface area contributed by atoms with Crippen LogP contribution in [0.4, 0.5) is 17.2 Å². The van der Waals surface area contributed by atoms with Gasteiger partial charge in [-0.15, -0.1) is 0 Å². The maximum absolute atomic E-state index is 5.39. The molecular weight excluding hydrogens is 458 g/mol. The summed E-state index contributed by atoms with van der Waals surface area (Å²) in [6.07, 6.45) is 5.08. The van der Waals surface area contributed by atoms with Gasteiger partial charge >= 0.3 is 0 Å². The molecule has 1 unspecified atom stereocenters. The number of hydrazone groups is 1. The Morgan fingerprint density at radius 2 is 1.41 bits per heavy atom. The fourth-order valence-electron chi connectivity index (χ4n) is 4.82. The number of rotatable bonds is 11. The Labute approximate surface area is 221 Å². The van der Waals surface area contributed by atoms with Crippen molar-refractivity contribution in [3.05, 3.63) is 83.9 Å². The van der Waals surface area contributed by atoms with Crippen LogP contribution in [0.2, 0.25) is 0 Å². The number of anilines is 3. The monoisotopic (exact) mass is 497 g/mol. The minimum atomic E-state index is 0.0649. The lowest BCUT2D eigenvalue weighted by Crippen LogP contribution is -2.22. The van der Waals surface area contributed by atoms with Crippen LogP contribution in [0, 0.1) is 0 Å². The van der Waals surface area contributed by atoms with Crippen LogP contribution in [0.1, 0.15) is 51.3 Å². The summed E-state index contributed by atoms with van der Waals surface area (Å²) >= 11 is 0. The predicted molar refractivity (Wildman–Crippen MR) is 157 cm³/mol. The number of methoxy groups -OCH3 is 1. The van der Waals surface area contributed by atoms with E-state index in [-0.39, 0.29) is 6.04 Å². The summed E-state index contributed by atoms with van der Waals surface area (Å²) in [4.78, 5) is 9.38. The fraction of sp³-hybridized carbons (Fsp3) is 0.355. The van der Waals surface area contributed by atoms with Crippen molar-refractivity contribution in [2.75, 3.05) is 48.1 Å². The summed E-state index contributed by atoms with van der Waals surface area (Å²) in [5.41, 5.74) is 5.90. The summed E-state index contributed by atoms with van der Waals surface area (Å²) in [6.45, 7) is 12.8. The number of nitrogens with zero attached hydrogens (tertiary/aromatic N) is 5. The zero-order chi connectivity index (χ0) is 26.2. The van der Waals surface area contributed by atoms with E-state index in [0.29, 0.717) is 5.88 Å². The van der Waals surface area contributed by atoms with E-state index in [1.165, 1.54) is 16.9 Å². The normalized spacial score (nSPS) is 15.2. The first kappa shape index (κ1) is 26.3. The molecule has 3 aromatic rings. The molecule has 0 spiro atoms. The van der Waals surface area contributed by atoms with Crippen molar-refractivity contribution in [1.29, 1.82) is 0 Å². The van der Waals surface area contributed by atoms with Gasteiger partial charge in [0.15, 0.2) is 5.82 Å². The molecule has 1 aromatic heterocycles. The molecule has 0 saturated carbocycles. The Morgan fingerprint density at radius 1 is 0.811 bits per heavy atom. The van der Waals surface area contributed by atoms with E-state index >= 15 is 0 Å². The van der Waals surface area contributed by atoms with E-state index in [9.17, 15) is 0 Å². The number of allylic oxidation sites excluding steroid dienone is 1. The van der Waals surface area contributed by atoms with Crippen LogP contribution in [0.5, 0.6) is 5.88 Å². The van der Waals surface area contributed by atoms with Gasteiger partial charge in [0.1, 0.15) is 0 Å². The molecule has 0 saturated heterocycles. The van der Waals surface area contributed by atoms with E-state index < -0.39 is 0 Å². The Balaban J connectivity index is 1.59. The van der Waals surface area contributed by atoms with Gasteiger partial charge in [0.25, 0.3) is 0 Å². The van der Waals surface area contributed by atoms with Crippen LogP contribution in [0.15, 0.2) is 77.9 Å². The molecule has 1 aliphatic heterocycles. The highest BCUT2D eigenvalue weighted by molar-refractivity contribution is 6.01. The molecule has 0 fully saturated rings. The zero-order valence-corrected chi connectivity index (χ0v) is 22.8. The van der Waals surface area contributed by atoms with Crippen LogP contribution < -0.4 is 19.5 Å². The second kappa shape index (κ2) is 12.4. The topological polar surface area (TPSA) is 44.2 Å². The highest BCUT2D eigenvalue weighted by Gasteiger charge is 2.29. The Hall–Kier alpha value is -3.80. The predicted octanol–water partition coefficient (Wildman–Crippen LogP) is 6.80. The quantitative estimate of drug-likeness (QED) is 0.291. The minimum absolute atomic E-state index is 0.0649. The molecule has 6 heteroatoms. The molecule has 2 heterocycles. The van der Waals surface area contributed by atoms with Crippen molar-refractivity contribution < 1.29 is 4.74 Å². The number of benzene rings is 2. The van der Waals surface area contributed by atoms with Crippen molar-refractivity contribution in [2.45, 2.75) is 40.2 Å². The molecule has 0 aliphatic carbocycles. The Bertz CT molecular complexity index is 1200. The summed E-state index contributed by atoms with van der Waals surface area (Å²) < 4.78 is 5.39. The first-order chi connectivity index (χ1) is 18.1. The molecular formula is C31H39N5O. The van der Waals surface area contributed by atoms with Crippen molar-refractivity contribution in [3.63, 3.8) is 0 Å². The third kappa shape index (κ3) is 6.13. The van der Waals surface area contributed by atoms with Gasteiger partial charge in [-0.3, -0.25) is 0 Å². The van der Waals surface area contributed by atoms with E-state index in [0.717, 1.165) is 49.7 Å². The summed E-state index contributed by atoms with van der Waals surface area (Å²) in [7, 11) is 1.64. The number of aromatic nitrogens is 1. The Morgan fingerprint density at radius 3 is 1.97 bits per heavy atom. The van der Waals surface area contributed by atoms with Gasteiger partial charge in [-0.05, 0) is 75.2 Å². The van der Waals surface area contributed by atoms with E-state index in [2.05, 4.69) is 103 Å². The average Bonchev–Trinajstić information content (AvgIpc) is 3.39. The van der Waals surface area contributed by atoms with Gasteiger partial charge in [-0.2, -0.15) is 10.1 Å². The fourth-order valence-corrected chi connectivity index (χ4v) is 4.82. The summed E-state index contributed by atoms with van der Waals surface area (Å²) in [5.74, 6) is 1.37. The van der Waals surface area contributed by atoms with Crippen molar-refractivity contribution in [3.8, 4) is 5.88 Å². The van der Waals surface area contributed by atoms with Crippen LogP contribution >= 0.6 is 0 Å². The third-order valence-electron chi connectivity index (χ3n) is 6.98. The number of pyridine rings is 1. The number of hydrogen-bond acceptors (Lipinski definition) is 6. The van der Waals surface area contributed by atoms with E-state index in [1.807, 2.05) is 23.2 Å². The van der Waals surface area contributed by atoms with Crippen molar-refractivity contribution in [2.24, 2.45) is 5.10 Å². The average molecular weight is 498 g/mol. The molecule has 0 radical (unpaired) electrons. The van der Waals surface area contributed by atoms with Crippen LogP contribution in [0.25, 0.3) is 6.08 Å². The second-order valence-corrected chi connectivity index (χ2v) is 9.05. The molecule has 6 nitrogen and oxygen atoms in total. The molecule has 37 heavy (non-hydrogen) atoms. The standard InChI is InChI=1S/C31H39N5O/c1-6-34(7-2)27-19-14-24(15-20-27)13-18-26-23-29(25-16-21-28(22-17-25)35(8-3)9-4)36(33-26)30-11-10-12-31(32-30)37-5/h10-22,29H,6-9,23H2,1-5H3. The lowest BCUT2D eigenvalue weighted by atomic mass is 10.0. The van der Waals surface area contributed by atoms with Gasteiger partial charge in [-0.1, -0.05) is 36.4 Å². The first-order valence-corrected chi connectivity index (χ1v) is 13.4. The highest BCUT2D eigenvalue weighted by Crippen LogP contribution is 2.36. The largest absolute Gasteiger partial charge is 0.481 e. The van der Waals surface area contributed by atoms with Crippen LogP contribution in [-0.4, -0.2) is 44.0 Å². The van der Waals surface area contributed by atoms with Crippen LogP contribution in [-0.2, 0) is 0 Å². The van der Waals surface area contributed by atoms with Crippen molar-refractivity contribution in [1.82, 2.24) is 4.98 Å². The maximum Gasteiger partial charge on any atom is 0.214 e. The molecule has 1 atom stereocenters. The molecule has 2 aromatic carbocycles. The third-order valence-corrected chi connectivity index (χ3v) is 6.98. The summed E-state index contributed by atoms with van der Waals surface area (Å²) in [6, 6.07) is 23.5. The second-order valence-electron chi connectivity index (χ2n) is 9.05. The smallest absolute Gasteiger partial charge is 0.214 e. The molecule has 4 rings (SSSR count). The van der Waals surface area contributed by atoms with Gasteiger partial charge in [-0.25, -0.2) is 5.01 Å². The zero-order valence-electron chi connectivity index (χ0n) is 22.8. The summed E-state index contributed by atoms with van der Waals surface area (Å²) in [5, 5.41) is 7.02. The van der Waals surface area contributed by atoms with E-state index in [4.69, 9.17) is 9.84 Å². The number of ether oxygens (including phenoxy) is 1. The van der Waals surface area contributed by atoms with Gasteiger partial charge in [0, 0.05) is 50.0 Å². The maximum atomic E-state index is 5.39. The molecule has 194 valence electrons. The SMILES string of the molecule is CCN(CC)c1ccc(C=CC2=NN(c3cccc(OC)n3)C(c3ccc(N(CC)CC)cc3)C2)cc1. The molecule has 0 amide bonds. The molecule has 0 N–H and O–H groups in total. The van der Waals surface area contributed by atoms with E-state index in [1.54, 1.807) is 7.11 Å². The highest BCUT2D eigenvalue weighted by atomic mass is 16.5. The number of hydrogen-bond donors (Lipinski definition) is 0. The van der Waals surface area contributed by atoms with Gasteiger partial charge in [0.05, 0.1) is 18.9 Å². The Kier molecular flexibility index (Phi) is 8.83. The molecule has 0 bridgehead atoms.